The molecule has 0 amide bonds. The van der Waals surface area contributed by atoms with Crippen molar-refractivity contribution >= 4 is 5.78 Å². The second kappa shape index (κ2) is 6.43. The molecule has 110 valence electrons. The van der Waals surface area contributed by atoms with Crippen molar-refractivity contribution in [3.63, 3.8) is 0 Å². The van der Waals surface area contributed by atoms with E-state index in [1.165, 1.54) is 6.07 Å². The molecule has 2 aromatic rings. The second-order valence-electron chi connectivity index (χ2n) is 4.40. The van der Waals surface area contributed by atoms with E-state index in [0.717, 1.165) is 18.6 Å². The third-order valence-corrected chi connectivity index (χ3v) is 2.87. The van der Waals surface area contributed by atoms with Crippen LogP contribution in [0.4, 0.5) is 13.2 Å². The summed E-state index contributed by atoms with van der Waals surface area (Å²) in [6.45, 7) is 2.30. The van der Waals surface area contributed by atoms with E-state index in [-0.39, 0.29) is 11.3 Å². The Hall–Kier alpha value is -2.30. The Morgan fingerprint density at radius 2 is 1.71 bits per heavy atom. The largest absolute Gasteiger partial charge is 0.493 e. The van der Waals surface area contributed by atoms with Crippen LogP contribution in [0.5, 0.6) is 5.75 Å². The summed E-state index contributed by atoms with van der Waals surface area (Å²) >= 11 is 0. The molecular formula is C16H13F3O2. The van der Waals surface area contributed by atoms with Gasteiger partial charge in [0.05, 0.1) is 17.7 Å². The standard InChI is InChI=1S/C16H13F3O2/c1-2-9-21-13-6-4-3-5-10(13)16(20)11-7-8-12(17)15(19)14(11)18/h3-8H,2,9H2,1H3. The van der Waals surface area contributed by atoms with Crippen LogP contribution in [0.25, 0.3) is 0 Å². The molecule has 21 heavy (non-hydrogen) atoms. The van der Waals surface area contributed by atoms with Gasteiger partial charge in [0.2, 0.25) is 0 Å². The van der Waals surface area contributed by atoms with Crippen LogP contribution in [0.15, 0.2) is 36.4 Å². The van der Waals surface area contributed by atoms with E-state index in [1.54, 1.807) is 18.2 Å². The van der Waals surface area contributed by atoms with E-state index in [9.17, 15) is 18.0 Å². The van der Waals surface area contributed by atoms with Crippen LogP contribution >= 0.6 is 0 Å². The van der Waals surface area contributed by atoms with Gasteiger partial charge in [-0.15, -0.1) is 0 Å². The van der Waals surface area contributed by atoms with Crippen molar-refractivity contribution in [2.24, 2.45) is 0 Å². The Kier molecular flexibility index (Phi) is 4.62. The molecular weight excluding hydrogens is 281 g/mol. The van der Waals surface area contributed by atoms with Crippen LogP contribution in [-0.4, -0.2) is 12.4 Å². The number of rotatable bonds is 5. The van der Waals surface area contributed by atoms with Crippen molar-refractivity contribution < 1.29 is 22.7 Å². The first-order valence-electron chi connectivity index (χ1n) is 6.46. The lowest BCUT2D eigenvalue weighted by Crippen LogP contribution is -2.09. The van der Waals surface area contributed by atoms with Gasteiger partial charge in [-0.3, -0.25) is 4.79 Å². The van der Waals surface area contributed by atoms with Gasteiger partial charge in [-0.1, -0.05) is 19.1 Å². The maximum Gasteiger partial charge on any atom is 0.199 e. The highest BCUT2D eigenvalue weighted by atomic mass is 19.2. The first kappa shape index (κ1) is 15.1. The van der Waals surface area contributed by atoms with Gasteiger partial charge in [0.15, 0.2) is 23.2 Å². The molecule has 0 aliphatic carbocycles. The Bertz CT molecular complexity index is 669. The molecule has 0 atom stereocenters. The Balaban J connectivity index is 2.43. The quantitative estimate of drug-likeness (QED) is 0.612. The lowest BCUT2D eigenvalue weighted by molar-refractivity contribution is 0.103. The van der Waals surface area contributed by atoms with Crippen molar-refractivity contribution in [2.45, 2.75) is 13.3 Å². The third kappa shape index (κ3) is 3.07. The van der Waals surface area contributed by atoms with Crippen LogP contribution in [0.1, 0.15) is 29.3 Å². The maximum absolute atomic E-state index is 13.7. The summed E-state index contributed by atoms with van der Waals surface area (Å²) in [6.07, 6.45) is 0.738. The van der Waals surface area contributed by atoms with Crippen molar-refractivity contribution in [1.29, 1.82) is 0 Å². The van der Waals surface area contributed by atoms with Gasteiger partial charge in [0.25, 0.3) is 0 Å². The molecule has 2 rings (SSSR count). The van der Waals surface area contributed by atoms with Crippen molar-refractivity contribution in [3.8, 4) is 5.75 Å². The fourth-order valence-electron chi connectivity index (χ4n) is 1.84. The number of para-hydroxylation sites is 1. The minimum Gasteiger partial charge on any atom is -0.493 e. The van der Waals surface area contributed by atoms with E-state index < -0.39 is 28.8 Å². The average molecular weight is 294 g/mol. The van der Waals surface area contributed by atoms with Gasteiger partial charge in [-0.2, -0.15) is 0 Å². The number of hydrogen-bond acceptors (Lipinski definition) is 2. The van der Waals surface area contributed by atoms with Crippen LogP contribution < -0.4 is 4.74 Å². The first-order valence-corrected chi connectivity index (χ1v) is 6.46. The normalized spacial score (nSPS) is 10.5. The molecule has 0 aromatic heterocycles. The lowest BCUT2D eigenvalue weighted by atomic mass is 10.0. The Morgan fingerprint density at radius 3 is 2.43 bits per heavy atom. The summed E-state index contributed by atoms with van der Waals surface area (Å²) in [5.74, 6) is -4.95. The highest BCUT2D eigenvalue weighted by Gasteiger charge is 2.22. The van der Waals surface area contributed by atoms with Crippen molar-refractivity contribution in [1.82, 2.24) is 0 Å². The number of ketones is 1. The molecule has 2 aromatic carbocycles. The average Bonchev–Trinajstić information content (AvgIpc) is 2.50. The molecule has 0 fully saturated rings. The highest BCUT2D eigenvalue weighted by molar-refractivity contribution is 6.10. The monoisotopic (exact) mass is 294 g/mol. The Morgan fingerprint density at radius 1 is 1.00 bits per heavy atom. The second-order valence-corrected chi connectivity index (χ2v) is 4.40. The summed E-state index contributed by atoms with van der Waals surface area (Å²) < 4.78 is 45.3. The van der Waals surface area contributed by atoms with Gasteiger partial charge in [-0.25, -0.2) is 13.2 Å². The summed E-state index contributed by atoms with van der Waals surface area (Å²) in [5, 5.41) is 0. The number of ether oxygens (including phenoxy) is 1. The summed E-state index contributed by atoms with van der Waals surface area (Å²) in [4.78, 5) is 12.3. The van der Waals surface area contributed by atoms with Crippen LogP contribution in [-0.2, 0) is 0 Å². The predicted molar refractivity (Wildman–Crippen MR) is 72.0 cm³/mol. The van der Waals surface area contributed by atoms with Gasteiger partial charge in [0, 0.05) is 0 Å². The zero-order chi connectivity index (χ0) is 15.4. The number of hydrogen-bond donors (Lipinski definition) is 0. The number of benzene rings is 2. The molecule has 0 unspecified atom stereocenters. The molecule has 0 N–H and O–H groups in total. The van der Waals surface area contributed by atoms with Crippen LogP contribution in [0.3, 0.4) is 0 Å². The third-order valence-electron chi connectivity index (χ3n) is 2.87. The van der Waals surface area contributed by atoms with Gasteiger partial charge >= 0.3 is 0 Å². The molecule has 0 heterocycles. The van der Waals surface area contributed by atoms with E-state index in [4.69, 9.17) is 4.74 Å². The summed E-state index contributed by atoms with van der Waals surface area (Å²) in [5.41, 5.74) is -0.419. The molecule has 0 radical (unpaired) electrons. The number of carbonyl (C=O) groups is 1. The predicted octanol–water partition coefficient (Wildman–Crippen LogP) is 4.12. The van der Waals surface area contributed by atoms with E-state index >= 15 is 0 Å². The minimum atomic E-state index is -1.66. The summed E-state index contributed by atoms with van der Waals surface area (Å²) in [6, 6.07) is 7.93. The zero-order valence-corrected chi connectivity index (χ0v) is 11.3. The number of carbonyl (C=O) groups excluding carboxylic acids is 1. The highest BCUT2D eigenvalue weighted by Crippen LogP contribution is 2.24. The zero-order valence-electron chi connectivity index (χ0n) is 11.3. The fourth-order valence-corrected chi connectivity index (χ4v) is 1.84. The molecule has 0 aliphatic heterocycles. The number of halogens is 3. The fraction of sp³-hybridized carbons (Fsp3) is 0.188. The van der Waals surface area contributed by atoms with Gasteiger partial charge in [-0.05, 0) is 30.7 Å². The van der Waals surface area contributed by atoms with Gasteiger partial charge < -0.3 is 4.74 Å². The van der Waals surface area contributed by atoms with E-state index in [1.807, 2.05) is 6.92 Å². The van der Waals surface area contributed by atoms with Crippen LogP contribution in [0, 0.1) is 17.5 Å². The smallest absolute Gasteiger partial charge is 0.199 e. The molecule has 0 saturated carbocycles. The maximum atomic E-state index is 13.7. The van der Waals surface area contributed by atoms with Crippen molar-refractivity contribution in [2.75, 3.05) is 6.61 Å². The molecule has 0 spiro atoms. The Labute approximate surface area is 120 Å². The van der Waals surface area contributed by atoms with Crippen molar-refractivity contribution in [3.05, 3.63) is 65.0 Å². The lowest BCUT2D eigenvalue weighted by Gasteiger charge is -2.10. The van der Waals surface area contributed by atoms with E-state index in [0.29, 0.717) is 6.61 Å². The molecule has 2 nitrogen and oxygen atoms in total. The summed E-state index contributed by atoms with van der Waals surface area (Å²) in [7, 11) is 0. The molecule has 0 aliphatic rings. The minimum absolute atomic E-state index is 0.107. The molecule has 5 heteroatoms. The van der Waals surface area contributed by atoms with Crippen LogP contribution in [0.2, 0.25) is 0 Å². The topological polar surface area (TPSA) is 26.3 Å². The van der Waals surface area contributed by atoms with E-state index in [2.05, 4.69) is 0 Å². The first-order chi connectivity index (χ1) is 10.1. The SMILES string of the molecule is CCCOc1ccccc1C(=O)c1ccc(F)c(F)c1F. The van der Waals surface area contributed by atoms with Gasteiger partial charge in [0.1, 0.15) is 5.75 Å². The molecule has 0 saturated heterocycles. The molecule has 0 bridgehead atoms.